The SMILES string of the molecule is CC(C)(C)OC(=O)N1CCN(c2ccc(Oc3ccc(C(=O)O)c(C=O)c3)cn2)CC1. The van der Waals surface area contributed by atoms with Gasteiger partial charge in [0, 0.05) is 31.7 Å². The molecule has 0 unspecified atom stereocenters. The lowest BCUT2D eigenvalue weighted by Gasteiger charge is -2.36. The van der Waals surface area contributed by atoms with Crippen LogP contribution in [0, 0.1) is 0 Å². The van der Waals surface area contributed by atoms with Crippen LogP contribution >= 0.6 is 0 Å². The predicted molar refractivity (Wildman–Crippen MR) is 113 cm³/mol. The van der Waals surface area contributed by atoms with E-state index in [0.29, 0.717) is 44.0 Å². The molecule has 1 aliphatic rings. The van der Waals surface area contributed by atoms with E-state index in [9.17, 15) is 14.4 Å². The van der Waals surface area contributed by atoms with E-state index in [-0.39, 0.29) is 17.2 Å². The van der Waals surface area contributed by atoms with Crippen molar-refractivity contribution in [1.82, 2.24) is 9.88 Å². The average molecular weight is 427 g/mol. The van der Waals surface area contributed by atoms with Gasteiger partial charge in [0.2, 0.25) is 0 Å². The van der Waals surface area contributed by atoms with E-state index >= 15 is 0 Å². The van der Waals surface area contributed by atoms with Crippen LogP contribution in [0.3, 0.4) is 0 Å². The Morgan fingerprint density at radius 1 is 1.06 bits per heavy atom. The fourth-order valence-electron chi connectivity index (χ4n) is 3.10. The van der Waals surface area contributed by atoms with Crippen molar-refractivity contribution in [3.8, 4) is 11.5 Å². The number of benzene rings is 1. The quantitative estimate of drug-likeness (QED) is 0.723. The number of aromatic carboxylic acids is 1. The van der Waals surface area contributed by atoms with Crippen LogP contribution in [0.1, 0.15) is 41.5 Å². The third kappa shape index (κ3) is 5.71. The first-order valence-corrected chi connectivity index (χ1v) is 9.85. The molecule has 1 saturated heterocycles. The number of rotatable bonds is 5. The summed E-state index contributed by atoms with van der Waals surface area (Å²) in [6, 6.07) is 7.74. The maximum atomic E-state index is 12.2. The zero-order chi connectivity index (χ0) is 22.6. The van der Waals surface area contributed by atoms with Gasteiger partial charge < -0.3 is 24.4 Å². The molecule has 0 aliphatic carbocycles. The highest BCUT2D eigenvalue weighted by Gasteiger charge is 2.26. The molecule has 0 saturated carbocycles. The van der Waals surface area contributed by atoms with Gasteiger partial charge in [-0.1, -0.05) is 0 Å². The molecule has 0 atom stereocenters. The summed E-state index contributed by atoms with van der Waals surface area (Å²) in [7, 11) is 0. The topological polar surface area (TPSA) is 109 Å². The van der Waals surface area contributed by atoms with Gasteiger partial charge in [0.05, 0.1) is 11.8 Å². The van der Waals surface area contributed by atoms with E-state index in [1.807, 2.05) is 26.8 Å². The molecule has 3 rings (SSSR count). The maximum absolute atomic E-state index is 12.2. The molecule has 2 heterocycles. The van der Waals surface area contributed by atoms with Gasteiger partial charge >= 0.3 is 12.1 Å². The van der Waals surface area contributed by atoms with Crippen LogP contribution in [0.25, 0.3) is 0 Å². The van der Waals surface area contributed by atoms with E-state index in [0.717, 1.165) is 5.82 Å². The molecule has 31 heavy (non-hydrogen) atoms. The molecule has 0 radical (unpaired) electrons. The highest BCUT2D eigenvalue weighted by Crippen LogP contribution is 2.25. The van der Waals surface area contributed by atoms with Gasteiger partial charge in [-0.3, -0.25) is 4.79 Å². The number of nitrogens with zero attached hydrogens (tertiary/aromatic N) is 3. The molecule has 164 valence electrons. The summed E-state index contributed by atoms with van der Waals surface area (Å²) in [5.74, 6) is 0.376. The number of carboxylic acid groups (broad SMARTS) is 1. The van der Waals surface area contributed by atoms with Gasteiger partial charge in [0.25, 0.3) is 0 Å². The van der Waals surface area contributed by atoms with E-state index in [2.05, 4.69) is 9.88 Å². The van der Waals surface area contributed by atoms with E-state index in [1.165, 1.54) is 18.2 Å². The Morgan fingerprint density at radius 3 is 2.29 bits per heavy atom. The Bertz CT molecular complexity index is 960. The van der Waals surface area contributed by atoms with Gasteiger partial charge in [-0.05, 0) is 51.1 Å². The molecule has 9 heteroatoms. The van der Waals surface area contributed by atoms with E-state index < -0.39 is 11.6 Å². The minimum absolute atomic E-state index is 0.0393. The summed E-state index contributed by atoms with van der Waals surface area (Å²) < 4.78 is 11.1. The molecule has 1 fully saturated rings. The number of aldehydes is 1. The number of aromatic nitrogens is 1. The molecule has 9 nitrogen and oxygen atoms in total. The zero-order valence-electron chi connectivity index (χ0n) is 17.7. The summed E-state index contributed by atoms with van der Waals surface area (Å²) in [6.07, 6.45) is 1.73. The van der Waals surface area contributed by atoms with Crippen molar-refractivity contribution >= 4 is 24.2 Å². The highest BCUT2D eigenvalue weighted by atomic mass is 16.6. The van der Waals surface area contributed by atoms with Crippen molar-refractivity contribution in [3.63, 3.8) is 0 Å². The molecule has 2 aromatic rings. The first-order valence-electron chi connectivity index (χ1n) is 9.85. The molecule has 1 aromatic heterocycles. The van der Waals surface area contributed by atoms with Crippen LogP contribution in [0.4, 0.5) is 10.6 Å². The molecule has 0 spiro atoms. The summed E-state index contributed by atoms with van der Waals surface area (Å²) in [5, 5.41) is 9.09. The largest absolute Gasteiger partial charge is 0.478 e. The molecular formula is C22H25N3O6. The maximum Gasteiger partial charge on any atom is 0.410 e. The monoisotopic (exact) mass is 427 g/mol. The summed E-state index contributed by atoms with van der Waals surface area (Å²) in [4.78, 5) is 42.6. The molecular weight excluding hydrogens is 402 g/mol. The summed E-state index contributed by atoms with van der Waals surface area (Å²) in [6.45, 7) is 7.87. The van der Waals surface area contributed by atoms with Crippen molar-refractivity contribution in [1.29, 1.82) is 0 Å². The van der Waals surface area contributed by atoms with Gasteiger partial charge in [0.15, 0.2) is 6.29 Å². The van der Waals surface area contributed by atoms with Gasteiger partial charge in [-0.15, -0.1) is 0 Å². The van der Waals surface area contributed by atoms with E-state index in [1.54, 1.807) is 17.2 Å². The minimum Gasteiger partial charge on any atom is -0.478 e. The standard InChI is InChI=1S/C22H25N3O6/c1-22(2,3)31-21(29)25-10-8-24(9-11-25)19-7-5-17(13-23-19)30-16-4-6-18(20(27)28)15(12-16)14-26/h4-7,12-14H,8-11H2,1-3H3,(H,27,28). The predicted octanol–water partition coefficient (Wildman–Crippen LogP) is 3.44. The lowest BCUT2D eigenvalue weighted by atomic mass is 10.1. The van der Waals surface area contributed by atoms with Crippen LogP contribution in [0.5, 0.6) is 11.5 Å². The Hall–Kier alpha value is -3.62. The highest BCUT2D eigenvalue weighted by molar-refractivity contribution is 5.97. The lowest BCUT2D eigenvalue weighted by Crippen LogP contribution is -2.50. The van der Waals surface area contributed by atoms with Gasteiger partial charge in [0.1, 0.15) is 22.9 Å². The normalized spacial score (nSPS) is 14.2. The number of pyridine rings is 1. The van der Waals surface area contributed by atoms with E-state index in [4.69, 9.17) is 14.6 Å². The fourth-order valence-corrected chi connectivity index (χ4v) is 3.10. The Labute approximate surface area is 180 Å². The minimum atomic E-state index is -1.17. The first kappa shape index (κ1) is 22.1. The van der Waals surface area contributed by atoms with Gasteiger partial charge in [-0.2, -0.15) is 0 Å². The Kier molecular flexibility index (Phi) is 6.43. The summed E-state index contributed by atoms with van der Waals surface area (Å²) >= 11 is 0. The summed E-state index contributed by atoms with van der Waals surface area (Å²) in [5.41, 5.74) is -0.565. The second kappa shape index (κ2) is 9.03. The second-order valence-electron chi connectivity index (χ2n) is 8.08. The van der Waals surface area contributed by atoms with Crippen LogP contribution in [0.2, 0.25) is 0 Å². The van der Waals surface area contributed by atoms with Crippen LogP contribution in [0.15, 0.2) is 36.5 Å². The van der Waals surface area contributed by atoms with Crippen molar-refractivity contribution in [2.75, 3.05) is 31.1 Å². The van der Waals surface area contributed by atoms with Crippen LogP contribution in [-0.4, -0.2) is 65.1 Å². The number of carboxylic acids is 1. The third-order valence-electron chi connectivity index (χ3n) is 4.59. The van der Waals surface area contributed by atoms with Crippen LogP contribution in [-0.2, 0) is 4.74 Å². The number of ether oxygens (including phenoxy) is 2. The number of amides is 1. The molecule has 1 amide bonds. The van der Waals surface area contributed by atoms with Crippen molar-refractivity contribution in [3.05, 3.63) is 47.7 Å². The number of carbonyl (C=O) groups excluding carboxylic acids is 2. The Morgan fingerprint density at radius 2 is 1.74 bits per heavy atom. The molecule has 1 aliphatic heterocycles. The lowest BCUT2D eigenvalue weighted by molar-refractivity contribution is 0.0240. The number of carbonyl (C=O) groups is 3. The van der Waals surface area contributed by atoms with Crippen molar-refractivity contribution < 1.29 is 29.0 Å². The average Bonchev–Trinajstić information content (AvgIpc) is 2.73. The van der Waals surface area contributed by atoms with Crippen LogP contribution < -0.4 is 9.64 Å². The number of piperazine rings is 1. The third-order valence-corrected chi connectivity index (χ3v) is 4.59. The number of hydrogen-bond acceptors (Lipinski definition) is 7. The molecule has 0 bridgehead atoms. The Balaban J connectivity index is 1.59. The second-order valence-corrected chi connectivity index (χ2v) is 8.08. The number of hydrogen-bond donors (Lipinski definition) is 1. The molecule has 1 N–H and O–H groups in total. The fraction of sp³-hybridized carbons (Fsp3) is 0.364. The molecule has 1 aromatic carbocycles. The number of anilines is 1. The van der Waals surface area contributed by atoms with Gasteiger partial charge in [-0.25, -0.2) is 14.6 Å². The first-order chi connectivity index (χ1) is 14.7. The zero-order valence-corrected chi connectivity index (χ0v) is 17.7. The van der Waals surface area contributed by atoms with Crippen molar-refractivity contribution in [2.45, 2.75) is 26.4 Å². The smallest absolute Gasteiger partial charge is 0.410 e. The van der Waals surface area contributed by atoms with Crippen molar-refractivity contribution in [2.24, 2.45) is 0 Å².